The molecule has 30 heavy (non-hydrogen) atoms. The van der Waals surface area contributed by atoms with Crippen molar-refractivity contribution in [3.8, 4) is 16.9 Å². The van der Waals surface area contributed by atoms with E-state index in [0.717, 1.165) is 32.7 Å². The fraction of sp³-hybridized carbons (Fsp3) is 0.136. The summed E-state index contributed by atoms with van der Waals surface area (Å²) in [5.41, 5.74) is 9.33. The summed E-state index contributed by atoms with van der Waals surface area (Å²) in [4.78, 5) is 22.0. The standard InChI is InChI=1S/C22H20N4O2S2/c1-28-16-9-7-15(8-10-16)17-12-29-21-19(17)20(23)25-22(26-21)30-13-18(27)24-11-14-5-3-2-4-6-14/h2-10,12H,11,13H2,1H3,(H,24,27)(H2,23,25,26). The third kappa shape index (κ3) is 4.55. The number of methoxy groups -OCH3 is 1. The van der Waals surface area contributed by atoms with Gasteiger partial charge in [0, 0.05) is 17.5 Å². The number of fused-ring (bicyclic) bond motifs is 1. The second-order valence-electron chi connectivity index (χ2n) is 6.50. The van der Waals surface area contributed by atoms with Crippen LogP contribution in [-0.2, 0) is 11.3 Å². The first-order chi connectivity index (χ1) is 14.6. The van der Waals surface area contributed by atoms with Crippen LogP contribution < -0.4 is 15.8 Å². The van der Waals surface area contributed by atoms with Crippen LogP contribution in [0.1, 0.15) is 5.56 Å². The summed E-state index contributed by atoms with van der Waals surface area (Å²) >= 11 is 2.79. The lowest BCUT2D eigenvalue weighted by Gasteiger charge is -2.07. The molecule has 0 saturated heterocycles. The van der Waals surface area contributed by atoms with Crippen LogP contribution in [0.4, 0.5) is 5.82 Å². The van der Waals surface area contributed by atoms with Crippen molar-refractivity contribution in [2.75, 3.05) is 18.6 Å². The number of nitrogens with two attached hydrogens (primary N) is 1. The molecule has 152 valence electrons. The Labute approximate surface area is 182 Å². The highest BCUT2D eigenvalue weighted by molar-refractivity contribution is 7.99. The van der Waals surface area contributed by atoms with Crippen LogP contribution >= 0.6 is 23.1 Å². The van der Waals surface area contributed by atoms with Crippen LogP contribution in [0.2, 0.25) is 0 Å². The number of aromatic nitrogens is 2. The molecule has 8 heteroatoms. The SMILES string of the molecule is COc1ccc(-c2csc3nc(SCC(=O)NCc4ccccc4)nc(N)c23)cc1. The molecule has 3 N–H and O–H groups in total. The van der Waals surface area contributed by atoms with E-state index in [-0.39, 0.29) is 11.7 Å². The minimum absolute atomic E-state index is 0.0729. The largest absolute Gasteiger partial charge is 0.497 e. The molecule has 0 radical (unpaired) electrons. The number of nitrogen functional groups attached to an aromatic ring is 1. The van der Waals surface area contributed by atoms with E-state index in [0.29, 0.717) is 17.5 Å². The highest BCUT2D eigenvalue weighted by Gasteiger charge is 2.15. The zero-order valence-corrected chi connectivity index (χ0v) is 17.9. The number of carbonyl (C=O) groups excluding carboxylic acids is 1. The van der Waals surface area contributed by atoms with Gasteiger partial charge in [-0.2, -0.15) is 0 Å². The van der Waals surface area contributed by atoms with Gasteiger partial charge >= 0.3 is 0 Å². The number of benzene rings is 2. The predicted octanol–water partition coefficient (Wildman–Crippen LogP) is 4.36. The number of anilines is 1. The van der Waals surface area contributed by atoms with Crippen molar-refractivity contribution in [2.24, 2.45) is 0 Å². The average molecular weight is 437 g/mol. The molecule has 4 rings (SSSR count). The smallest absolute Gasteiger partial charge is 0.230 e. The van der Waals surface area contributed by atoms with E-state index in [1.54, 1.807) is 7.11 Å². The van der Waals surface area contributed by atoms with Gasteiger partial charge in [-0.15, -0.1) is 11.3 Å². The number of hydrogen-bond donors (Lipinski definition) is 2. The zero-order valence-electron chi connectivity index (χ0n) is 16.3. The van der Waals surface area contributed by atoms with Crippen LogP contribution in [0.25, 0.3) is 21.3 Å². The molecular weight excluding hydrogens is 416 g/mol. The molecule has 0 fully saturated rings. The van der Waals surface area contributed by atoms with Crippen molar-refractivity contribution in [2.45, 2.75) is 11.7 Å². The summed E-state index contributed by atoms with van der Waals surface area (Å²) in [6.07, 6.45) is 0. The van der Waals surface area contributed by atoms with Gasteiger partial charge in [-0.3, -0.25) is 4.79 Å². The molecule has 0 bridgehead atoms. The minimum atomic E-state index is -0.0729. The Morgan fingerprint density at radius 3 is 2.63 bits per heavy atom. The lowest BCUT2D eigenvalue weighted by molar-refractivity contribution is -0.118. The van der Waals surface area contributed by atoms with Crippen molar-refractivity contribution in [1.29, 1.82) is 0 Å². The second kappa shape index (κ2) is 9.15. The molecule has 2 aromatic carbocycles. The Hall–Kier alpha value is -3.10. The maximum absolute atomic E-state index is 12.2. The summed E-state index contributed by atoms with van der Waals surface area (Å²) in [5.74, 6) is 1.37. The summed E-state index contributed by atoms with van der Waals surface area (Å²) in [7, 11) is 1.64. The van der Waals surface area contributed by atoms with Gasteiger partial charge in [-0.25, -0.2) is 9.97 Å². The summed E-state index contributed by atoms with van der Waals surface area (Å²) in [5, 5.41) is 6.26. The molecule has 1 amide bonds. The predicted molar refractivity (Wildman–Crippen MR) is 123 cm³/mol. The summed E-state index contributed by atoms with van der Waals surface area (Å²) in [6, 6.07) is 17.6. The van der Waals surface area contributed by atoms with Crippen LogP contribution in [0, 0.1) is 0 Å². The first kappa shape index (κ1) is 20.2. The van der Waals surface area contributed by atoms with Gasteiger partial charge in [0.1, 0.15) is 16.4 Å². The molecule has 0 atom stereocenters. The summed E-state index contributed by atoms with van der Waals surface area (Å²) in [6.45, 7) is 0.498. The van der Waals surface area contributed by atoms with Gasteiger partial charge in [0.05, 0.1) is 18.2 Å². The van der Waals surface area contributed by atoms with Gasteiger partial charge in [0.15, 0.2) is 5.16 Å². The van der Waals surface area contributed by atoms with Gasteiger partial charge in [-0.05, 0) is 23.3 Å². The van der Waals surface area contributed by atoms with Crippen molar-refractivity contribution >= 4 is 45.0 Å². The molecule has 0 aliphatic carbocycles. The average Bonchev–Trinajstić information content (AvgIpc) is 3.21. The molecule has 2 aromatic heterocycles. The van der Waals surface area contributed by atoms with Gasteiger partial charge in [0.25, 0.3) is 0 Å². The minimum Gasteiger partial charge on any atom is -0.497 e. The number of rotatable bonds is 7. The number of thiophene rings is 1. The number of amides is 1. The normalized spacial score (nSPS) is 10.8. The van der Waals surface area contributed by atoms with Crippen molar-refractivity contribution in [3.05, 3.63) is 65.5 Å². The molecule has 2 heterocycles. The van der Waals surface area contributed by atoms with Crippen molar-refractivity contribution in [1.82, 2.24) is 15.3 Å². The number of hydrogen-bond acceptors (Lipinski definition) is 7. The monoisotopic (exact) mass is 436 g/mol. The number of nitrogens with one attached hydrogen (secondary N) is 1. The molecular formula is C22H20N4O2S2. The van der Waals surface area contributed by atoms with E-state index in [4.69, 9.17) is 10.5 Å². The first-order valence-electron chi connectivity index (χ1n) is 9.26. The molecule has 0 saturated carbocycles. The number of carbonyl (C=O) groups is 1. The Kier molecular flexibility index (Phi) is 6.15. The molecule has 0 unspecified atom stereocenters. The Balaban J connectivity index is 1.45. The molecule has 6 nitrogen and oxygen atoms in total. The topological polar surface area (TPSA) is 90.1 Å². The lowest BCUT2D eigenvalue weighted by Crippen LogP contribution is -2.24. The first-order valence-corrected chi connectivity index (χ1v) is 11.1. The van der Waals surface area contributed by atoms with Crippen molar-refractivity contribution < 1.29 is 9.53 Å². The van der Waals surface area contributed by atoms with Crippen molar-refractivity contribution in [3.63, 3.8) is 0 Å². The molecule has 4 aromatic rings. The van der Waals surface area contributed by atoms with Crippen LogP contribution in [-0.4, -0.2) is 28.7 Å². The van der Waals surface area contributed by atoms with Gasteiger partial charge < -0.3 is 15.8 Å². The van der Waals surface area contributed by atoms with Gasteiger partial charge in [0.2, 0.25) is 5.91 Å². The van der Waals surface area contributed by atoms with E-state index >= 15 is 0 Å². The van der Waals surface area contributed by atoms with E-state index < -0.39 is 0 Å². The molecule has 0 aliphatic heterocycles. The fourth-order valence-electron chi connectivity index (χ4n) is 2.97. The van der Waals surface area contributed by atoms with E-state index in [9.17, 15) is 4.79 Å². The zero-order chi connectivity index (χ0) is 20.9. The van der Waals surface area contributed by atoms with Gasteiger partial charge in [-0.1, -0.05) is 54.2 Å². The molecule has 0 spiro atoms. The quantitative estimate of drug-likeness (QED) is 0.330. The Morgan fingerprint density at radius 2 is 1.90 bits per heavy atom. The number of nitrogens with zero attached hydrogens (tertiary/aromatic N) is 2. The lowest BCUT2D eigenvalue weighted by atomic mass is 10.1. The van der Waals surface area contributed by atoms with E-state index in [1.807, 2.05) is 60.0 Å². The van der Waals surface area contributed by atoms with Crippen LogP contribution in [0.3, 0.4) is 0 Å². The summed E-state index contributed by atoms with van der Waals surface area (Å²) < 4.78 is 5.22. The van der Waals surface area contributed by atoms with Crippen LogP contribution in [0.5, 0.6) is 5.75 Å². The fourth-order valence-corrected chi connectivity index (χ4v) is 4.67. The second-order valence-corrected chi connectivity index (χ2v) is 8.30. The maximum atomic E-state index is 12.2. The highest BCUT2D eigenvalue weighted by atomic mass is 32.2. The number of ether oxygens (including phenoxy) is 1. The Bertz CT molecular complexity index is 1160. The van der Waals surface area contributed by atoms with E-state index in [2.05, 4.69) is 15.3 Å². The van der Waals surface area contributed by atoms with E-state index in [1.165, 1.54) is 23.1 Å². The third-order valence-electron chi connectivity index (χ3n) is 4.51. The molecule has 0 aliphatic rings. The number of thioether (sulfide) groups is 1. The van der Waals surface area contributed by atoms with Crippen LogP contribution in [0.15, 0.2) is 65.1 Å². The maximum Gasteiger partial charge on any atom is 0.230 e. The third-order valence-corrected chi connectivity index (χ3v) is 6.23. The Morgan fingerprint density at radius 1 is 1.13 bits per heavy atom. The highest BCUT2D eigenvalue weighted by Crippen LogP contribution is 2.37.